The number of hydrogen-bond acceptors (Lipinski definition) is 6. The molecule has 0 aliphatic rings. The number of nitrogens with one attached hydrogen (secondary N) is 1. The molecule has 1 aromatic carbocycles. The second kappa shape index (κ2) is 19.8. The van der Waals surface area contributed by atoms with E-state index in [0.717, 1.165) is 50.0 Å². The summed E-state index contributed by atoms with van der Waals surface area (Å²) in [7, 11) is 3.36. The van der Waals surface area contributed by atoms with Crippen LogP contribution in [-0.4, -0.2) is 51.6 Å². The Balaban J connectivity index is 0.00000387. The molecule has 1 rings (SSSR count). The number of rotatable bonds is 17. The first-order chi connectivity index (χ1) is 17.1. The average molecular weight is 507 g/mol. The largest absolute Gasteiger partial charge is 0.493 e. The Labute approximate surface area is 219 Å². The van der Waals surface area contributed by atoms with Crippen molar-refractivity contribution in [3.05, 3.63) is 23.8 Å². The lowest BCUT2D eigenvalue weighted by Crippen LogP contribution is -2.32. The summed E-state index contributed by atoms with van der Waals surface area (Å²) in [5.41, 5.74) is 0.743. The Morgan fingerprint density at radius 3 is 2.39 bits per heavy atom. The van der Waals surface area contributed by atoms with E-state index in [1.807, 2.05) is 19.9 Å². The third-order valence-electron chi connectivity index (χ3n) is 5.93. The van der Waals surface area contributed by atoms with E-state index in [2.05, 4.69) is 37.4 Å². The molecule has 0 aromatic heterocycles. The number of benzene rings is 1. The van der Waals surface area contributed by atoms with Crippen LogP contribution in [0, 0.1) is 28.6 Å². The SMILES string of the molecule is CCO.COCCCOc1cc(C[C@@H](CCCCCC(=O)NCC(C)(C)C#N)C(C)C)ccc1OC. The zero-order valence-corrected chi connectivity index (χ0v) is 23.7. The van der Waals surface area contributed by atoms with Crippen LogP contribution in [-0.2, 0) is 16.0 Å². The number of unbranched alkanes of at least 4 members (excludes halogenated alkanes) is 2. The number of nitriles is 1. The van der Waals surface area contributed by atoms with E-state index in [9.17, 15) is 4.79 Å². The van der Waals surface area contributed by atoms with Gasteiger partial charge in [0.25, 0.3) is 0 Å². The van der Waals surface area contributed by atoms with Gasteiger partial charge in [-0.3, -0.25) is 4.79 Å². The van der Waals surface area contributed by atoms with Gasteiger partial charge in [0.1, 0.15) is 0 Å². The highest BCUT2D eigenvalue weighted by atomic mass is 16.5. The minimum absolute atomic E-state index is 0.0370. The van der Waals surface area contributed by atoms with Gasteiger partial charge in [-0.25, -0.2) is 0 Å². The number of aliphatic hydroxyl groups excluding tert-OH is 1. The lowest BCUT2D eigenvalue weighted by atomic mass is 9.85. The second-order valence-electron chi connectivity index (χ2n) is 10.1. The topological polar surface area (TPSA) is 101 Å². The molecule has 1 atom stereocenters. The molecule has 7 heteroatoms. The molecule has 0 radical (unpaired) electrons. The Morgan fingerprint density at radius 2 is 1.81 bits per heavy atom. The summed E-state index contributed by atoms with van der Waals surface area (Å²) >= 11 is 0. The molecule has 0 bridgehead atoms. The molecular weight excluding hydrogens is 456 g/mol. The molecule has 0 fully saturated rings. The third-order valence-corrected chi connectivity index (χ3v) is 5.93. The minimum Gasteiger partial charge on any atom is -0.493 e. The van der Waals surface area contributed by atoms with Crippen LogP contribution in [0.2, 0.25) is 0 Å². The highest BCUT2D eigenvalue weighted by molar-refractivity contribution is 5.75. The smallest absolute Gasteiger partial charge is 0.220 e. The van der Waals surface area contributed by atoms with Crippen LogP contribution < -0.4 is 14.8 Å². The molecule has 0 saturated heterocycles. The molecule has 36 heavy (non-hydrogen) atoms. The van der Waals surface area contributed by atoms with Crippen LogP contribution in [0.1, 0.15) is 78.7 Å². The van der Waals surface area contributed by atoms with Gasteiger partial charge in [0.2, 0.25) is 5.91 Å². The fraction of sp³-hybridized carbons (Fsp3) is 0.724. The fourth-order valence-corrected chi connectivity index (χ4v) is 3.64. The number of methoxy groups -OCH3 is 2. The van der Waals surface area contributed by atoms with Crippen molar-refractivity contribution < 1.29 is 24.1 Å². The molecule has 0 unspecified atom stereocenters. The van der Waals surface area contributed by atoms with E-state index in [1.165, 1.54) is 5.56 Å². The van der Waals surface area contributed by atoms with Crippen molar-refractivity contribution in [2.45, 2.75) is 79.6 Å². The van der Waals surface area contributed by atoms with E-state index in [1.54, 1.807) is 21.1 Å². The Morgan fingerprint density at radius 1 is 1.11 bits per heavy atom. The molecule has 0 spiro atoms. The van der Waals surface area contributed by atoms with Crippen molar-refractivity contribution in [3.63, 3.8) is 0 Å². The molecular formula is C29H50N2O5. The number of amides is 1. The quantitative estimate of drug-likeness (QED) is 0.269. The van der Waals surface area contributed by atoms with Gasteiger partial charge in [0, 0.05) is 39.7 Å². The van der Waals surface area contributed by atoms with E-state index < -0.39 is 5.41 Å². The van der Waals surface area contributed by atoms with E-state index >= 15 is 0 Å². The molecule has 0 heterocycles. The van der Waals surface area contributed by atoms with Crippen LogP contribution in [0.15, 0.2) is 18.2 Å². The van der Waals surface area contributed by atoms with Crippen LogP contribution in [0.5, 0.6) is 11.5 Å². The van der Waals surface area contributed by atoms with E-state index in [0.29, 0.717) is 38.0 Å². The Hall–Kier alpha value is -2.30. The number of carbonyl (C=O) groups is 1. The summed E-state index contributed by atoms with van der Waals surface area (Å²) in [6.45, 7) is 11.8. The molecule has 0 aliphatic carbocycles. The maximum Gasteiger partial charge on any atom is 0.220 e. The first-order valence-corrected chi connectivity index (χ1v) is 13.2. The zero-order valence-electron chi connectivity index (χ0n) is 23.7. The summed E-state index contributed by atoms with van der Waals surface area (Å²) in [6, 6.07) is 8.43. The highest BCUT2D eigenvalue weighted by Gasteiger charge is 2.18. The molecule has 0 aliphatic heterocycles. The lowest BCUT2D eigenvalue weighted by molar-refractivity contribution is -0.121. The monoisotopic (exact) mass is 506 g/mol. The maximum absolute atomic E-state index is 12.0. The van der Waals surface area contributed by atoms with Gasteiger partial charge >= 0.3 is 0 Å². The third kappa shape index (κ3) is 15.6. The number of aliphatic hydroxyl groups is 1. The van der Waals surface area contributed by atoms with Crippen LogP contribution >= 0.6 is 0 Å². The number of carbonyl (C=O) groups excluding carboxylic acids is 1. The van der Waals surface area contributed by atoms with E-state index in [-0.39, 0.29) is 12.5 Å². The van der Waals surface area contributed by atoms with Crippen molar-refractivity contribution in [2.75, 3.05) is 40.6 Å². The predicted molar refractivity (Wildman–Crippen MR) is 145 cm³/mol. The van der Waals surface area contributed by atoms with Gasteiger partial charge in [-0.05, 0) is 69.6 Å². The average Bonchev–Trinajstić information content (AvgIpc) is 2.85. The summed E-state index contributed by atoms with van der Waals surface area (Å²) in [5.74, 6) is 2.74. The molecule has 2 N–H and O–H groups in total. The number of ether oxygens (including phenoxy) is 3. The molecule has 0 saturated carbocycles. The van der Waals surface area contributed by atoms with Gasteiger partial charge in [0.05, 0.1) is 25.2 Å². The van der Waals surface area contributed by atoms with Gasteiger partial charge in [0.15, 0.2) is 11.5 Å². The summed E-state index contributed by atoms with van der Waals surface area (Å²) in [4.78, 5) is 12.0. The normalized spacial score (nSPS) is 11.8. The minimum atomic E-state index is -0.517. The maximum atomic E-state index is 12.0. The lowest BCUT2D eigenvalue weighted by Gasteiger charge is -2.22. The fourth-order valence-electron chi connectivity index (χ4n) is 3.64. The molecule has 7 nitrogen and oxygen atoms in total. The predicted octanol–water partition coefficient (Wildman–Crippen LogP) is 5.54. The van der Waals surface area contributed by atoms with Gasteiger partial charge in [-0.2, -0.15) is 5.26 Å². The highest BCUT2D eigenvalue weighted by Crippen LogP contribution is 2.31. The molecule has 1 amide bonds. The summed E-state index contributed by atoms with van der Waals surface area (Å²) in [6.07, 6.45) is 6.52. The Bertz CT molecular complexity index is 759. The van der Waals surface area contributed by atoms with Crippen LogP contribution in [0.4, 0.5) is 0 Å². The van der Waals surface area contributed by atoms with Crippen molar-refractivity contribution in [1.82, 2.24) is 5.32 Å². The number of nitrogens with zero attached hydrogens (tertiary/aromatic N) is 1. The first-order valence-electron chi connectivity index (χ1n) is 13.2. The van der Waals surface area contributed by atoms with Crippen molar-refractivity contribution in [3.8, 4) is 17.6 Å². The first kappa shape index (κ1) is 33.7. The van der Waals surface area contributed by atoms with Crippen molar-refractivity contribution >= 4 is 5.91 Å². The van der Waals surface area contributed by atoms with Crippen molar-refractivity contribution in [1.29, 1.82) is 5.26 Å². The summed E-state index contributed by atoms with van der Waals surface area (Å²) < 4.78 is 16.5. The summed E-state index contributed by atoms with van der Waals surface area (Å²) in [5, 5.41) is 19.5. The molecule has 1 aromatic rings. The number of hydrogen-bond donors (Lipinski definition) is 2. The molecule has 206 valence electrons. The van der Waals surface area contributed by atoms with Crippen LogP contribution in [0.25, 0.3) is 0 Å². The van der Waals surface area contributed by atoms with Gasteiger partial charge in [-0.1, -0.05) is 32.8 Å². The second-order valence-corrected chi connectivity index (χ2v) is 10.1. The standard InChI is InChI=1S/C27H44N2O4.C2H6O/c1-21(2)23(11-8-7-9-12-26(30)29-20-27(3,4)19-28)17-22-13-14-24(32-6)25(18-22)33-16-10-15-31-5;1-2-3/h13-14,18,21,23H,7-12,15-17,20H2,1-6H3,(H,29,30);3H,2H2,1H3/t23-;/m1./s1. The van der Waals surface area contributed by atoms with Gasteiger partial charge < -0.3 is 24.6 Å². The van der Waals surface area contributed by atoms with E-state index in [4.69, 9.17) is 24.6 Å². The Kier molecular flexibility index (Phi) is 18.6. The van der Waals surface area contributed by atoms with Crippen LogP contribution in [0.3, 0.4) is 0 Å². The van der Waals surface area contributed by atoms with Gasteiger partial charge in [-0.15, -0.1) is 0 Å². The van der Waals surface area contributed by atoms with Crippen molar-refractivity contribution in [2.24, 2.45) is 17.3 Å². The zero-order chi connectivity index (χ0) is 27.4.